The first-order chi connectivity index (χ1) is 17.9. The lowest BCUT2D eigenvalue weighted by Gasteiger charge is -2.29. The predicted octanol–water partition coefficient (Wildman–Crippen LogP) is 5.73. The molecule has 0 spiro atoms. The van der Waals surface area contributed by atoms with Crippen LogP contribution in [0.4, 0.5) is 5.69 Å². The number of sulfonamides is 1. The molecule has 5 rings (SSSR count). The van der Waals surface area contributed by atoms with Crippen molar-refractivity contribution in [1.82, 2.24) is 4.90 Å². The van der Waals surface area contributed by atoms with E-state index in [1.54, 1.807) is 56.7 Å². The van der Waals surface area contributed by atoms with Crippen molar-refractivity contribution >= 4 is 15.7 Å². The standard InChI is InChI=1S/C30H30N2O4S/c1-35-29-18-25-16-17-32(21-26(25)19-30(29)36-2)20-22-8-10-23(11-9-22)24-12-14-27(15-13-24)31-37(33,34)28-6-4-3-5-7-28/h3-15,18-19,31H,16-17,20-21H2,1-2H3. The van der Waals surface area contributed by atoms with Gasteiger partial charge in [0.25, 0.3) is 10.0 Å². The molecule has 4 aromatic rings. The van der Waals surface area contributed by atoms with Gasteiger partial charge in [-0.3, -0.25) is 9.62 Å². The maximum absolute atomic E-state index is 12.6. The van der Waals surface area contributed by atoms with E-state index < -0.39 is 10.0 Å². The highest BCUT2D eigenvalue weighted by Crippen LogP contribution is 2.33. The predicted molar refractivity (Wildman–Crippen MR) is 146 cm³/mol. The van der Waals surface area contributed by atoms with Gasteiger partial charge in [-0.05, 0) is 70.6 Å². The lowest BCUT2D eigenvalue weighted by atomic mass is 9.98. The average Bonchev–Trinajstić information content (AvgIpc) is 2.93. The summed E-state index contributed by atoms with van der Waals surface area (Å²) in [5, 5.41) is 0. The fraction of sp³-hybridized carbons (Fsp3) is 0.200. The van der Waals surface area contributed by atoms with Crippen LogP contribution in [0.3, 0.4) is 0 Å². The van der Waals surface area contributed by atoms with Crippen molar-refractivity contribution in [2.75, 3.05) is 25.5 Å². The molecule has 0 saturated heterocycles. The Morgan fingerprint density at radius 1 is 0.784 bits per heavy atom. The summed E-state index contributed by atoms with van der Waals surface area (Å²) >= 11 is 0. The number of anilines is 1. The normalized spacial score (nSPS) is 13.6. The summed E-state index contributed by atoms with van der Waals surface area (Å²) in [7, 11) is -0.264. The van der Waals surface area contributed by atoms with Gasteiger partial charge in [-0.1, -0.05) is 54.6 Å². The Kier molecular flexibility index (Phi) is 7.17. The molecule has 1 aliphatic rings. The Balaban J connectivity index is 1.23. The Labute approximate surface area is 218 Å². The van der Waals surface area contributed by atoms with E-state index in [0.717, 1.165) is 48.7 Å². The highest BCUT2D eigenvalue weighted by molar-refractivity contribution is 7.92. The summed E-state index contributed by atoms with van der Waals surface area (Å²) in [6, 6.07) is 28.5. The quantitative estimate of drug-likeness (QED) is 0.325. The second-order valence-corrected chi connectivity index (χ2v) is 10.8. The lowest BCUT2D eigenvalue weighted by Crippen LogP contribution is -2.30. The van der Waals surface area contributed by atoms with Crippen LogP contribution in [-0.2, 0) is 29.5 Å². The van der Waals surface area contributed by atoms with Gasteiger partial charge in [0.05, 0.1) is 19.1 Å². The summed E-state index contributed by atoms with van der Waals surface area (Å²) in [4.78, 5) is 2.68. The number of hydrogen-bond donors (Lipinski definition) is 1. The Hall–Kier alpha value is -3.81. The molecule has 0 fully saturated rings. The second kappa shape index (κ2) is 10.7. The molecule has 1 heterocycles. The Bertz CT molecular complexity index is 1470. The molecule has 0 bridgehead atoms. The molecule has 0 amide bonds. The molecule has 7 heteroatoms. The van der Waals surface area contributed by atoms with E-state index >= 15 is 0 Å². The van der Waals surface area contributed by atoms with E-state index in [4.69, 9.17) is 9.47 Å². The zero-order valence-corrected chi connectivity index (χ0v) is 21.8. The van der Waals surface area contributed by atoms with Crippen molar-refractivity contribution in [2.45, 2.75) is 24.4 Å². The molecule has 190 valence electrons. The fourth-order valence-electron chi connectivity index (χ4n) is 4.68. The molecule has 0 aliphatic carbocycles. The van der Waals surface area contributed by atoms with Gasteiger partial charge >= 0.3 is 0 Å². The van der Waals surface area contributed by atoms with Gasteiger partial charge < -0.3 is 9.47 Å². The largest absolute Gasteiger partial charge is 0.493 e. The van der Waals surface area contributed by atoms with Crippen LogP contribution < -0.4 is 14.2 Å². The summed E-state index contributed by atoms with van der Waals surface area (Å²) in [6.07, 6.45) is 0.980. The van der Waals surface area contributed by atoms with Crippen LogP contribution >= 0.6 is 0 Å². The first kappa shape index (κ1) is 24.9. The first-order valence-electron chi connectivity index (χ1n) is 12.2. The summed E-state index contributed by atoms with van der Waals surface area (Å²) < 4.78 is 38.7. The van der Waals surface area contributed by atoms with E-state index in [-0.39, 0.29) is 4.90 Å². The summed E-state index contributed by atoms with van der Waals surface area (Å²) in [5.41, 5.74) is 6.50. The van der Waals surface area contributed by atoms with Gasteiger partial charge in [0.15, 0.2) is 11.5 Å². The van der Waals surface area contributed by atoms with Gasteiger partial charge in [-0.15, -0.1) is 0 Å². The fourth-order valence-corrected chi connectivity index (χ4v) is 5.76. The SMILES string of the molecule is COc1cc2c(cc1OC)CN(Cc1ccc(-c3ccc(NS(=O)(=O)c4ccccc4)cc3)cc1)CC2. The number of hydrogen-bond acceptors (Lipinski definition) is 5. The highest BCUT2D eigenvalue weighted by atomic mass is 32.2. The Morgan fingerprint density at radius 3 is 2.00 bits per heavy atom. The maximum atomic E-state index is 12.6. The van der Waals surface area contributed by atoms with Crippen LogP contribution in [0.5, 0.6) is 11.5 Å². The lowest BCUT2D eigenvalue weighted by molar-refractivity contribution is 0.244. The number of nitrogens with one attached hydrogen (secondary N) is 1. The number of benzene rings is 4. The summed E-state index contributed by atoms with van der Waals surface area (Å²) in [6.45, 7) is 2.73. The third kappa shape index (κ3) is 5.63. The first-order valence-corrected chi connectivity index (χ1v) is 13.7. The van der Waals surface area contributed by atoms with Gasteiger partial charge in [0.2, 0.25) is 0 Å². The van der Waals surface area contributed by atoms with Crippen LogP contribution in [0.1, 0.15) is 16.7 Å². The van der Waals surface area contributed by atoms with Crippen LogP contribution in [0.15, 0.2) is 95.9 Å². The van der Waals surface area contributed by atoms with Crippen LogP contribution in [0.2, 0.25) is 0 Å². The van der Waals surface area contributed by atoms with Gasteiger partial charge in [0.1, 0.15) is 0 Å². The smallest absolute Gasteiger partial charge is 0.261 e. The molecule has 0 aromatic heterocycles. The number of methoxy groups -OCH3 is 2. The maximum Gasteiger partial charge on any atom is 0.261 e. The number of rotatable bonds is 8. The van der Waals surface area contributed by atoms with Crippen molar-refractivity contribution in [3.63, 3.8) is 0 Å². The topological polar surface area (TPSA) is 67.9 Å². The summed E-state index contributed by atoms with van der Waals surface area (Å²) in [5.74, 6) is 1.55. The van der Waals surface area contributed by atoms with Crippen LogP contribution in [-0.4, -0.2) is 34.1 Å². The monoisotopic (exact) mass is 514 g/mol. The van der Waals surface area contributed by atoms with Crippen molar-refractivity contribution in [2.24, 2.45) is 0 Å². The molecule has 1 aliphatic heterocycles. The third-order valence-electron chi connectivity index (χ3n) is 6.68. The van der Waals surface area contributed by atoms with Crippen molar-refractivity contribution in [3.8, 4) is 22.6 Å². The molecule has 0 radical (unpaired) electrons. The van der Waals surface area contributed by atoms with E-state index in [1.807, 2.05) is 12.1 Å². The van der Waals surface area contributed by atoms with Crippen LogP contribution in [0, 0.1) is 0 Å². The molecule has 0 saturated carbocycles. The van der Waals surface area contributed by atoms with Gasteiger partial charge in [-0.25, -0.2) is 8.42 Å². The number of ether oxygens (including phenoxy) is 2. The minimum atomic E-state index is -3.60. The molecule has 1 N–H and O–H groups in total. The highest BCUT2D eigenvalue weighted by Gasteiger charge is 2.19. The van der Waals surface area contributed by atoms with Crippen molar-refractivity contribution in [3.05, 3.63) is 108 Å². The van der Waals surface area contributed by atoms with Gasteiger partial charge in [-0.2, -0.15) is 0 Å². The Morgan fingerprint density at radius 2 is 1.38 bits per heavy atom. The molecular weight excluding hydrogens is 484 g/mol. The van der Waals surface area contributed by atoms with E-state index in [0.29, 0.717) is 5.69 Å². The zero-order chi connectivity index (χ0) is 25.8. The van der Waals surface area contributed by atoms with E-state index in [1.165, 1.54) is 16.7 Å². The molecular formula is C30H30N2O4S. The molecule has 4 aromatic carbocycles. The third-order valence-corrected chi connectivity index (χ3v) is 8.08. The van der Waals surface area contributed by atoms with Crippen LogP contribution in [0.25, 0.3) is 11.1 Å². The zero-order valence-electron chi connectivity index (χ0n) is 21.0. The minimum absolute atomic E-state index is 0.241. The average molecular weight is 515 g/mol. The van der Waals surface area contributed by atoms with Crippen molar-refractivity contribution < 1.29 is 17.9 Å². The minimum Gasteiger partial charge on any atom is -0.493 e. The second-order valence-electron chi connectivity index (χ2n) is 9.13. The number of fused-ring (bicyclic) bond motifs is 1. The molecule has 0 unspecified atom stereocenters. The molecule has 37 heavy (non-hydrogen) atoms. The molecule has 6 nitrogen and oxygen atoms in total. The van der Waals surface area contributed by atoms with E-state index in [2.05, 4.69) is 46.0 Å². The number of nitrogens with zero attached hydrogens (tertiary/aromatic N) is 1. The van der Waals surface area contributed by atoms with Gasteiger partial charge in [0, 0.05) is 25.3 Å². The van der Waals surface area contributed by atoms with Crippen molar-refractivity contribution in [1.29, 1.82) is 0 Å². The molecule has 0 atom stereocenters. The van der Waals surface area contributed by atoms with E-state index in [9.17, 15) is 8.42 Å².